The van der Waals surface area contributed by atoms with Gasteiger partial charge in [0, 0.05) is 17.0 Å². The quantitative estimate of drug-likeness (QED) is 0.843. The number of benzene rings is 1. The molecule has 1 aromatic rings. The third kappa shape index (κ3) is 3.10. The van der Waals surface area contributed by atoms with Gasteiger partial charge in [0.15, 0.2) is 0 Å². The number of urea groups is 1. The van der Waals surface area contributed by atoms with Crippen molar-refractivity contribution >= 4 is 17.6 Å². The zero-order valence-corrected chi connectivity index (χ0v) is 9.94. The molecule has 0 aliphatic rings. The fourth-order valence-electron chi connectivity index (χ4n) is 1.42. The molecule has 3 N–H and O–H groups in total. The van der Waals surface area contributed by atoms with Crippen molar-refractivity contribution < 1.29 is 9.18 Å². The van der Waals surface area contributed by atoms with E-state index in [2.05, 4.69) is 5.32 Å². The van der Waals surface area contributed by atoms with Gasteiger partial charge >= 0.3 is 6.03 Å². The first-order valence-electron chi connectivity index (χ1n) is 4.82. The van der Waals surface area contributed by atoms with Crippen molar-refractivity contribution in [3.63, 3.8) is 0 Å². The summed E-state index contributed by atoms with van der Waals surface area (Å²) in [5, 5.41) is 2.92. The summed E-state index contributed by atoms with van der Waals surface area (Å²) >= 11 is 5.81. The van der Waals surface area contributed by atoms with Crippen molar-refractivity contribution in [3.05, 3.63) is 34.6 Å². The summed E-state index contributed by atoms with van der Waals surface area (Å²) in [4.78, 5) is 10.6. The van der Waals surface area contributed by atoms with E-state index >= 15 is 0 Å². The minimum Gasteiger partial charge on any atom is -0.352 e. The van der Waals surface area contributed by atoms with Gasteiger partial charge in [0.25, 0.3) is 0 Å². The number of amides is 2. The molecular weight excluding hydrogens is 231 g/mol. The van der Waals surface area contributed by atoms with E-state index in [1.54, 1.807) is 19.9 Å². The summed E-state index contributed by atoms with van der Waals surface area (Å²) < 4.78 is 13.6. The van der Waals surface area contributed by atoms with Gasteiger partial charge in [-0.05, 0) is 23.8 Å². The van der Waals surface area contributed by atoms with Crippen LogP contribution in [0, 0.1) is 5.82 Å². The van der Waals surface area contributed by atoms with Gasteiger partial charge in [0.05, 0.1) is 0 Å². The van der Waals surface area contributed by atoms with Crippen molar-refractivity contribution in [2.45, 2.75) is 19.3 Å². The van der Waals surface area contributed by atoms with Crippen LogP contribution in [0.5, 0.6) is 0 Å². The molecule has 5 heteroatoms. The van der Waals surface area contributed by atoms with E-state index in [0.29, 0.717) is 10.6 Å². The fourth-order valence-corrected chi connectivity index (χ4v) is 1.59. The molecule has 0 saturated carbocycles. The molecule has 88 valence electrons. The minimum absolute atomic E-state index is 0.250. The predicted octanol–water partition coefficient (Wildman–Crippen LogP) is 2.43. The normalized spacial score (nSPS) is 11.2. The Labute approximate surface area is 98.8 Å². The topological polar surface area (TPSA) is 55.1 Å². The second-order valence-corrected chi connectivity index (χ2v) is 4.66. The Morgan fingerprint density at radius 2 is 2.19 bits per heavy atom. The lowest BCUT2D eigenvalue weighted by Crippen LogP contribution is -2.39. The Kier molecular flexibility index (Phi) is 3.75. The molecule has 0 heterocycles. The molecule has 0 aliphatic carbocycles. The van der Waals surface area contributed by atoms with Crippen LogP contribution in [0.15, 0.2) is 18.2 Å². The van der Waals surface area contributed by atoms with E-state index in [-0.39, 0.29) is 12.4 Å². The maximum absolute atomic E-state index is 13.6. The van der Waals surface area contributed by atoms with E-state index in [0.717, 1.165) is 0 Å². The van der Waals surface area contributed by atoms with Crippen molar-refractivity contribution in [1.82, 2.24) is 5.32 Å². The van der Waals surface area contributed by atoms with E-state index in [9.17, 15) is 9.18 Å². The average molecular weight is 245 g/mol. The van der Waals surface area contributed by atoms with Crippen LogP contribution in [0.2, 0.25) is 5.02 Å². The lowest BCUT2D eigenvalue weighted by atomic mass is 9.84. The summed E-state index contributed by atoms with van der Waals surface area (Å²) in [5.41, 5.74) is 4.86. The van der Waals surface area contributed by atoms with Crippen LogP contribution in [0.25, 0.3) is 0 Å². The van der Waals surface area contributed by atoms with E-state index in [4.69, 9.17) is 17.3 Å². The van der Waals surface area contributed by atoms with E-state index < -0.39 is 11.4 Å². The second kappa shape index (κ2) is 4.70. The number of rotatable bonds is 3. The van der Waals surface area contributed by atoms with Gasteiger partial charge in [0.1, 0.15) is 5.82 Å². The average Bonchev–Trinajstić information content (AvgIpc) is 2.19. The summed E-state index contributed by atoms with van der Waals surface area (Å²) in [6, 6.07) is 3.72. The largest absolute Gasteiger partial charge is 0.352 e. The van der Waals surface area contributed by atoms with Crippen LogP contribution in [-0.4, -0.2) is 12.6 Å². The first-order chi connectivity index (χ1) is 7.33. The molecule has 2 amide bonds. The standard InChI is InChI=1S/C11H14ClFN2O/c1-11(2,6-15-10(14)16)8-5-7(12)3-4-9(8)13/h3-5H,6H2,1-2H3,(H3,14,15,16). The van der Waals surface area contributed by atoms with Crippen molar-refractivity contribution in [3.8, 4) is 0 Å². The van der Waals surface area contributed by atoms with Gasteiger partial charge in [-0.25, -0.2) is 9.18 Å². The van der Waals surface area contributed by atoms with Crippen LogP contribution in [0.4, 0.5) is 9.18 Å². The van der Waals surface area contributed by atoms with Gasteiger partial charge in [-0.15, -0.1) is 0 Å². The first-order valence-corrected chi connectivity index (χ1v) is 5.19. The third-order valence-electron chi connectivity index (χ3n) is 2.36. The molecule has 0 unspecified atom stereocenters. The molecule has 0 spiro atoms. The first kappa shape index (κ1) is 12.8. The van der Waals surface area contributed by atoms with Crippen LogP contribution in [-0.2, 0) is 5.41 Å². The monoisotopic (exact) mass is 244 g/mol. The fraction of sp³-hybridized carbons (Fsp3) is 0.364. The molecule has 0 aromatic heterocycles. The number of primary amides is 1. The van der Waals surface area contributed by atoms with Crippen LogP contribution in [0.1, 0.15) is 19.4 Å². The lowest BCUT2D eigenvalue weighted by Gasteiger charge is -2.25. The number of hydrogen-bond donors (Lipinski definition) is 2. The number of nitrogens with one attached hydrogen (secondary N) is 1. The smallest absolute Gasteiger partial charge is 0.312 e. The number of nitrogens with two attached hydrogens (primary N) is 1. The Morgan fingerprint density at radius 1 is 1.56 bits per heavy atom. The highest BCUT2D eigenvalue weighted by molar-refractivity contribution is 6.30. The highest BCUT2D eigenvalue weighted by Crippen LogP contribution is 2.27. The van der Waals surface area contributed by atoms with Gasteiger partial charge in [0.2, 0.25) is 0 Å². The molecule has 16 heavy (non-hydrogen) atoms. The maximum Gasteiger partial charge on any atom is 0.312 e. The molecular formula is C11H14ClFN2O. The molecule has 0 atom stereocenters. The Morgan fingerprint density at radius 3 is 2.75 bits per heavy atom. The van der Waals surface area contributed by atoms with Crippen molar-refractivity contribution in [2.75, 3.05) is 6.54 Å². The SMILES string of the molecule is CC(C)(CNC(N)=O)c1cc(Cl)ccc1F. The highest BCUT2D eigenvalue weighted by atomic mass is 35.5. The number of carbonyl (C=O) groups is 1. The third-order valence-corrected chi connectivity index (χ3v) is 2.60. The maximum atomic E-state index is 13.6. The van der Waals surface area contributed by atoms with Crippen LogP contribution >= 0.6 is 11.6 Å². The number of halogens is 2. The highest BCUT2D eigenvalue weighted by Gasteiger charge is 2.24. The van der Waals surface area contributed by atoms with Crippen molar-refractivity contribution in [1.29, 1.82) is 0 Å². The van der Waals surface area contributed by atoms with E-state index in [1.165, 1.54) is 12.1 Å². The zero-order chi connectivity index (χ0) is 12.3. The summed E-state index contributed by atoms with van der Waals surface area (Å²) in [7, 11) is 0. The van der Waals surface area contributed by atoms with Crippen LogP contribution < -0.4 is 11.1 Å². The summed E-state index contributed by atoms with van der Waals surface area (Å²) in [6.45, 7) is 3.86. The molecule has 0 fully saturated rings. The predicted molar refractivity (Wildman–Crippen MR) is 62.0 cm³/mol. The number of hydrogen-bond acceptors (Lipinski definition) is 1. The minimum atomic E-state index is -0.629. The lowest BCUT2D eigenvalue weighted by molar-refractivity contribution is 0.246. The molecule has 1 rings (SSSR count). The van der Waals surface area contributed by atoms with Gasteiger partial charge < -0.3 is 11.1 Å². The second-order valence-electron chi connectivity index (χ2n) is 4.23. The Bertz CT molecular complexity index is 407. The molecule has 0 saturated heterocycles. The summed E-state index contributed by atoms with van der Waals surface area (Å²) in [5.74, 6) is -0.347. The Hall–Kier alpha value is -1.29. The Balaban J connectivity index is 2.96. The van der Waals surface area contributed by atoms with Gasteiger partial charge in [-0.3, -0.25) is 0 Å². The number of carbonyl (C=O) groups excluding carboxylic acids is 1. The van der Waals surface area contributed by atoms with Crippen LogP contribution in [0.3, 0.4) is 0 Å². The molecule has 1 aromatic carbocycles. The molecule has 3 nitrogen and oxygen atoms in total. The summed E-state index contributed by atoms with van der Waals surface area (Å²) in [6.07, 6.45) is 0. The molecule has 0 aliphatic heterocycles. The molecule has 0 radical (unpaired) electrons. The van der Waals surface area contributed by atoms with Gasteiger partial charge in [-0.2, -0.15) is 0 Å². The van der Waals surface area contributed by atoms with Crippen molar-refractivity contribution in [2.24, 2.45) is 5.73 Å². The zero-order valence-electron chi connectivity index (χ0n) is 9.18. The van der Waals surface area contributed by atoms with E-state index in [1.807, 2.05) is 0 Å². The van der Waals surface area contributed by atoms with Gasteiger partial charge in [-0.1, -0.05) is 25.4 Å². The molecule has 0 bridgehead atoms.